The van der Waals surface area contributed by atoms with Gasteiger partial charge in [-0.2, -0.15) is 0 Å². The van der Waals surface area contributed by atoms with E-state index >= 15 is 0 Å². The Morgan fingerprint density at radius 3 is 2.71 bits per heavy atom. The van der Waals surface area contributed by atoms with Gasteiger partial charge >= 0.3 is 0 Å². The van der Waals surface area contributed by atoms with Gasteiger partial charge in [-0.15, -0.1) is 0 Å². The lowest BCUT2D eigenvalue weighted by atomic mass is 10.2. The lowest BCUT2D eigenvalue weighted by Crippen LogP contribution is -1.97. The predicted octanol–water partition coefficient (Wildman–Crippen LogP) is 6.44. The maximum atomic E-state index is 7.76. The standard InChI is InChI=1S/C23H16BrN3O/c1-15-7-10-26-23(11-15)27-21-13-18(28-17-4-2-3-16(24)12-17)5-6-19(21)20-8-9-25-14-22(20)27/h2-14H,1H3/i1D3. The molecule has 0 fully saturated rings. The quantitative estimate of drug-likeness (QED) is 0.329. The molecule has 0 saturated carbocycles. The van der Waals surface area contributed by atoms with Gasteiger partial charge in [-0.3, -0.25) is 9.55 Å². The smallest absolute Gasteiger partial charge is 0.137 e. The Morgan fingerprint density at radius 2 is 1.82 bits per heavy atom. The zero-order valence-corrected chi connectivity index (χ0v) is 16.2. The average Bonchev–Trinajstić information content (AvgIpc) is 3.07. The van der Waals surface area contributed by atoms with E-state index in [0.29, 0.717) is 17.3 Å². The molecule has 0 bridgehead atoms. The normalized spacial score (nSPS) is 13.2. The maximum Gasteiger partial charge on any atom is 0.137 e. The van der Waals surface area contributed by atoms with Crippen LogP contribution >= 0.6 is 15.9 Å². The van der Waals surface area contributed by atoms with Crippen LogP contribution in [0.5, 0.6) is 11.5 Å². The zero-order chi connectivity index (χ0) is 21.6. The van der Waals surface area contributed by atoms with Crippen LogP contribution in [0.15, 0.2) is 83.7 Å². The zero-order valence-electron chi connectivity index (χ0n) is 17.6. The van der Waals surface area contributed by atoms with Crippen LogP contribution in [-0.4, -0.2) is 14.5 Å². The summed E-state index contributed by atoms with van der Waals surface area (Å²) in [5, 5.41) is 2.00. The van der Waals surface area contributed by atoms with Crippen LogP contribution in [0, 0.1) is 6.85 Å². The Morgan fingerprint density at radius 1 is 0.929 bits per heavy atom. The van der Waals surface area contributed by atoms with Gasteiger partial charge in [-0.05, 0) is 60.9 Å². The predicted molar refractivity (Wildman–Crippen MR) is 115 cm³/mol. The Balaban J connectivity index is 1.72. The first-order valence-corrected chi connectivity index (χ1v) is 9.48. The molecule has 0 amide bonds. The van der Waals surface area contributed by atoms with E-state index in [4.69, 9.17) is 8.85 Å². The van der Waals surface area contributed by atoms with Gasteiger partial charge in [0.25, 0.3) is 0 Å². The fourth-order valence-electron chi connectivity index (χ4n) is 3.36. The molecule has 5 heteroatoms. The Labute approximate surface area is 174 Å². The molecule has 2 aromatic carbocycles. The number of ether oxygens (including phenoxy) is 1. The number of aryl methyl sites for hydroxylation is 1. The molecular formula is C23H16BrN3O. The molecule has 5 rings (SSSR count). The van der Waals surface area contributed by atoms with Gasteiger partial charge in [0.05, 0.1) is 17.2 Å². The van der Waals surface area contributed by atoms with Gasteiger partial charge in [0.1, 0.15) is 17.3 Å². The van der Waals surface area contributed by atoms with E-state index in [9.17, 15) is 0 Å². The van der Waals surface area contributed by atoms with Crippen molar-refractivity contribution in [1.82, 2.24) is 14.5 Å². The summed E-state index contributed by atoms with van der Waals surface area (Å²) in [4.78, 5) is 8.73. The van der Waals surface area contributed by atoms with Gasteiger partial charge in [0.15, 0.2) is 0 Å². The molecule has 0 atom stereocenters. The van der Waals surface area contributed by atoms with Crippen LogP contribution in [-0.2, 0) is 0 Å². The summed E-state index contributed by atoms with van der Waals surface area (Å²) in [6.45, 7) is -2.22. The van der Waals surface area contributed by atoms with E-state index in [0.717, 1.165) is 26.3 Å². The number of hydrogen-bond acceptors (Lipinski definition) is 3. The Hall–Kier alpha value is -3.18. The van der Waals surface area contributed by atoms with E-state index in [1.165, 1.54) is 12.3 Å². The fraction of sp³-hybridized carbons (Fsp3) is 0.0435. The second-order valence-corrected chi connectivity index (χ2v) is 7.29. The molecule has 136 valence electrons. The average molecular weight is 433 g/mol. The Bertz CT molecular complexity index is 1430. The summed E-state index contributed by atoms with van der Waals surface area (Å²) in [5.74, 6) is 1.89. The SMILES string of the molecule is [2H]C([2H])([2H])c1ccnc(-n2c3cnccc3c3ccc(Oc4cccc(Br)c4)cc32)c1. The second-order valence-electron chi connectivity index (χ2n) is 6.37. The third kappa shape index (κ3) is 2.94. The molecule has 0 aliphatic carbocycles. The summed E-state index contributed by atoms with van der Waals surface area (Å²) in [6, 6.07) is 18.5. The highest BCUT2D eigenvalue weighted by Gasteiger charge is 2.14. The van der Waals surface area contributed by atoms with Gasteiger partial charge < -0.3 is 4.74 Å². The van der Waals surface area contributed by atoms with Crippen molar-refractivity contribution >= 4 is 37.7 Å². The molecule has 0 aliphatic rings. The van der Waals surface area contributed by atoms with Crippen molar-refractivity contribution in [2.45, 2.75) is 6.85 Å². The number of fused-ring (bicyclic) bond motifs is 3. The number of halogens is 1. The van der Waals surface area contributed by atoms with E-state index in [2.05, 4.69) is 25.9 Å². The summed E-state index contributed by atoms with van der Waals surface area (Å²) in [7, 11) is 0. The lowest BCUT2D eigenvalue weighted by Gasteiger charge is -2.09. The minimum Gasteiger partial charge on any atom is -0.457 e. The first-order valence-electron chi connectivity index (χ1n) is 10.2. The molecule has 0 radical (unpaired) electrons. The van der Waals surface area contributed by atoms with Crippen molar-refractivity contribution < 1.29 is 8.85 Å². The summed E-state index contributed by atoms with van der Waals surface area (Å²) >= 11 is 3.46. The number of aromatic nitrogens is 3. The molecule has 0 saturated heterocycles. The number of rotatable bonds is 3. The third-order valence-corrected chi connectivity index (χ3v) is 5.04. The van der Waals surface area contributed by atoms with Gasteiger partial charge in [-0.25, -0.2) is 4.98 Å². The topological polar surface area (TPSA) is 39.9 Å². The molecule has 0 N–H and O–H groups in total. The largest absolute Gasteiger partial charge is 0.457 e. The molecule has 28 heavy (non-hydrogen) atoms. The van der Waals surface area contributed by atoms with Crippen LogP contribution in [0.4, 0.5) is 0 Å². The Kier molecular flexibility index (Phi) is 3.36. The number of nitrogens with zero attached hydrogens (tertiary/aromatic N) is 3. The molecular weight excluding hydrogens is 414 g/mol. The van der Waals surface area contributed by atoms with Crippen LogP contribution in [0.1, 0.15) is 9.68 Å². The van der Waals surface area contributed by atoms with E-state index in [1.54, 1.807) is 18.5 Å². The van der Waals surface area contributed by atoms with E-state index in [1.807, 2.05) is 53.1 Å². The first kappa shape index (κ1) is 13.9. The minimum absolute atomic E-state index is 0.234. The number of hydrogen-bond donors (Lipinski definition) is 0. The third-order valence-electron chi connectivity index (χ3n) is 4.55. The van der Waals surface area contributed by atoms with Gasteiger partial charge in [-0.1, -0.05) is 22.0 Å². The van der Waals surface area contributed by atoms with Crippen LogP contribution < -0.4 is 4.74 Å². The lowest BCUT2D eigenvalue weighted by molar-refractivity contribution is 0.483. The van der Waals surface area contributed by atoms with E-state index in [-0.39, 0.29) is 5.56 Å². The fourth-order valence-corrected chi connectivity index (χ4v) is 3.74. The molecule has 0 unspecified atom stereocenters. The van der Waals surface area contributed by atoms with Crippen LogP contribution in [0.25, 0.3) is 27.6 Å². The molecule has 5 aromatic rings. The molecule has 4 nitrogen and oxygen atoms in total. The number of benzene rings is 2. The first-order chi connectivity index (χ1) is 14.9. The molecule has 3 heterocycles. The maximum absolute atomic E-state index is 7.76. The van der Waals surface area contributed by atoms with Gasteiger partial charge in [0.2, 0.25) is 0 Å². The van der Waals surface area contributed by atoms with Crippen molar-refractivity contribution in [2.24, 2.45) is 0 Å². The molecule has 0 aliphatic heterocycles. The highest BCUT2D eigenvalue weighted by molar-refractivity contribution is 9.10. The van der Waals surface area contributed by atoms with Crippen molar-refractivity contribution in [1.29, 1.82) is 0 Å². The highest BCUT2D eigenvalue weighted by Crippen LogP contribution is 2.34. The molecule has 0 spiro atoms. The van der Waals surface area contributed by atoms with Crippen LogP contribution in [0.3, 0.4) is 0 Å². The molecule has 3 aromatic heterocycles. The monoisotopic (exact) mass is 432 g/mol. The van der Waals surface area contributed by atoms with Crippen molar-refractivity contribution in [3.8, 4) is 17.3 Å². The summed E-state index contributed by atoms with van der Waals surface area (Å²) in [6.07, 6.45) is 5.02. The van der Waals surface area contributed by atoms with Gasteiger partial charge in [0, 0.05) is 37.8 Å². The van der Waals surface area contributed by atoms with E-state index < -0.39 is 6.85 Å². The van der Waals surface area contributed by atoms with Crippen LogP contribution in [0.2, 0.25) is 0 Å². The summed E-state index contributed by atoms with van der Waals surface area (Å²) in [5.41, 5.74) is 1.93. The van der Waals surface area contributed by atoms with Crippen molar-refractivity contribution in [2.75, 3.05) is 0 Å². The van der Waals surface area contributed by atoms with Crippen molar-refractivity contribution in [3.63, 3.8) is 0 Å². The number of pyridine rings is 2. The van der Waals surface area contributed by atoms with Crippen molar-refractivity contribution in [3.05, 3.63) is 89.3 Å². The second kappa shape index (κ2) is 6.77. The minimum atomic E-state index is -2.22. The summed E-state index contributed by atoms with van der Waals surface area (Å²) < 4.78 is 32.2. The highest BCUT2D eigenvalue weighted by atomic mass is 79.9.